The van der Waals surface area contributed by atoms with Crippen molar-refractivity contribution in [3.63, 3.8) is 0 Å². The number of carboxylic acid groups (broad SMARTS) is 1. The van der Waals surface area contributed by atoms with Gasteiger partial charge in [0.15, 0.2) is 0 Å². The minimum Gasteiger partial charge on any atom is -0.478 e. The van der Waals surface area contributed by atoms with Crippen molar-refractivity contribution in [1.29, 1.82) is 0 Å². The average molecular weight is 258 g/mol. The first kappa shape index (κ1) is 13.3. The van der Waals surface area contributed by atoms with Gasteiger partial charge in [0, 0.05) is 12.6 Å². The molecule has 4 nitrogen and oxygen atoms in total. The Labute approximate surface area is 112 Å². The van der Waals surface area contributed by atoms with Crippen molar-refractivity contribution in [2.75, 3.05) is 0 Å². The normalized spacial score (nSPS) is 11.6. The van der Waals surface area contributed by atoms with E-state index in [2.05, 4.69) is 25.9 Å². The molecule has 0 bridgehead atoms. The van der Waals surface area contributed by atoms with Crippen molar-refractivity contribution in [2.24, 2.45) is 7.05 Å². The maximum atomic E-state index is 11.2. The molecule has 1 N–H and O–H groups in total. The Morgan fingerprint density at radius 3 is 2.26 bits per heavy atom. The van der Waals surface area contributed by atoms with Crippen LogP contribution >= 0.6 is 0 Å². The van der Waals surface area contributed by atoms with Gasteiger partial charge in [0.05, 0.1) is 11.9 Å². The summed E-state index contributed by atoms with van der Waals surface area (Å²) in [5, 5.41) is 13.2. The molecule has 0 amide bonds. The van der Waals surface area contributed by atoms with Crippen molar-refractivity contribution in [2.45, 2.75) is 26.2 Å². The number of hydrogen-bond acceptors (Lipinski definition) is 2. The molecule has 0 saturated carbocycles. The van der Waals surface area contributed by atoms with Gasteiger partial charge < -0.3 is 5.11 Å². The van der Waals surface area contributed by atoms with Crippen molar-refractivity contribution in [3.8, 4) is 11.3 Å². The molecule has 0 aliphatic heterocycles. The summed E-state index contributed by atoms with van der Waals surface area (Å²) in [7, 11) is 1.75. The van der Waals surface area contributed by atoms with E-state index in [1.165, 1.54) is 11.8 Å². The van der Waals surface area contributed by atoms with E-state index in [1.807, 2.05) is 24.3 Å². The van der Waals surface area contributed by atoms with Crippen molar-refractivity contribution >= 4 is 5.97 Å². The lowest BCUT2D eigenvalue weighted by Gasteiger charge is -2.19. The van der Waals surface area contributed by atoms with Gasteiger partial charge in [-0.15, -0.1) is 0 Å². The second kappa shape index (κ2) is 4.53. The Hall–Kier alpha value is -2.10. The summed E-state index contributed by atoms with van der Waals surface area (Å²) in [6, 6.07) is 7.97. The van der Waals surface area contributed by atoms with Gasteiger partial charge in [0.1, 0.15) is 5.56 Å². The van der Waals surface area contributed by atoms with Crippen LogP contribution in [0.3, 0.4) is 0 Å². The summed E-state index contributed by atoms with van der Waals surface area (Å²) in [5.74, 6) is -0.956. The third-order valence-electron chi connectivity index (χ3n) is 3.19. The predicted molar refractivity (Wildman–Crippen MR) is 74.3 cm³/mol. The highest BCUT2D eigenvalue weighted by Gasteiger charge is 2.18. The number of carboxylic acids is 1. The second-order valence-corrected chi connectivity index (χ2v) is 5.66. The zero-order chi connectivity index (χ0) is 14.2. The van der Waals surface area contributed by atoms with Crippen molar-refractivity contribution < 1.29 is 9.90 Å². The Bertz CT molecular complexity index is 604. The molecule has 4 heteroatoms. The highest BCUT2D eigenvalue weighted by atomic mass is 16.4. The van der Waals surface area contributed by atoms with Gasteiger partial charge >= 0.3 is 5.97 Å². The Balaban J connectivity index is 2.49. The molecule has 0 aliphatic carbocycles. The van der Waals surface area contributed by atoms with Crippen LogP contribution < -0.4 is 0 Å². The molecule has 100 valence electrons. The third kappa shape index (κ3) is 2.52. The number of aryl methyl sites for hydroxylation is 1. The molecule has 0 aliphatic rings. The smallest absolute Gasteiger partial charge is 0.339 e. The summed E-state index contributed by atoms with van der Waals surface area (Å²) in [4.78, 5) is 11.2. The highest BCUT2D eigenvalue weighted by Crippen LogP contribution is 2.27. The number of rotatable bonds is 2. The number of nitrogens with zero attached hydrogens (tertiary/aromatic N) is 2. The Kier molecular flexibility index (Phi) is 3.18. The molecule has 0 spiro atoms. The summed E-state index contributed by atoms with van der Waals surface area (Å²) in [6.07, 6.45) is 1.38. The van der Waals surface area contributed by atoms with Crippen LogP contribution in [0.25, 0.3) is 11.3 Å². The van der Waals surface area contributed by atoms with E-state index in [1.54, 1.807) is 11.7 Å². The number of carbonyl (C=O) groups is 1. The third-order valence-corrected chi connectivity index (χ3v) is 3.19. The van der Waals surface area contributed by atoms with Crippen molar-refractivity contribution in [1.82, 2.24) is 9.78 Å². The Morgan fingerprint density at radius 1 is 1.21 bits per heavy atom. The quantitative estimate of drug-likeness (QED) is 0.900. The predicted octanol–water partition coefficient (Wildman–Crippen LogP) is 3.08. The van der Waals surface area contributed by atoms with Gasteiger partial charge in [-0.1, -0.05) is 45.0 Å². The fourth-order valence-electron chi connectivity index (χ4n) is 2.06. The summed E-state index contributed by atoms with van der Waals surface area (Å²) < 4.78 is 1.59. The lowest BCUT2D eigenvalue weighted by atomic mass is 9.86. The molecule has 0 unspecified atom stereocenters. The van der Waals surface area contributed by atoms with E-state index in [0.717, 1.165) is 5.56 Å². The monoisotopic (exact) mass is 258 g/mol. The molecule has 0 fully saturated rings. The number of aromatic carboxylic acids is 1. The van der Waals surface area contributed by atoms with Gasteiger partial charge in [0.2, 0.25) is 0 Å². The standard InChI is InChI=1S/C15H18N2O2/c1-15(2,3)11-7-5-10(6-8-11)13-12(14(18)19)9-16-17(13)4/h5-9H,1-4H3,(H,18,19). The lowest BCUT2D eigenvalue weighted by molar-refractivity contribution is 0.0697. The molecule has 0 saturated heterocycles. The van der Waals surface area contributed by atoms with Crippen LogP contribution in [0, 0.1) is 0 Å². The van der Waals surface area contributed by atoms with Crippen LogP contribution in [0.1, 0.15) is 36.7 Å². The van der Waals surface area contributed by atoms with E-state index in [9.17, 15) is 9.90 Å². The van der Waals surface area contributed by atoms with Crippen molar-refractivity contribution in [3.05, 3.63) is 41.6 Å². The van der Waals surface area contributed by atoms with Crippen LogP contribution in [-0.2, 0) is 12.5 Å². The van der Waals surface area contributed by atoms with Gasteiger partial charge in [0.25, 0.3) is 0 Å². The molecular formula is C15H18N2O2. The SMILES string of the molecule is Cn1ncc(C(=O)O)c1-c1ccc(C(C)(C)C)cc1. The van der Waals surface area contributed by atoms with E-state index >= 15 is 0 Å². The van der Waals surface area contributed by atoms with Crippen LogP contribution in [0.4, 0.5) is 0 Å². The summed E-state index contributed by atoms with van der Waals surface area (Å²) in [6.45, 7) is 6.44. The van der Waals surface area contributed by atoms with Gasteiger partial charge in [-0.2, -0.15) is 5.10 Å². The first-order valence-corrected chi connectivity index (χ1v) is 6.17. The molecule has 2 rings (SSSR count). The minimum atomic E-state index is -0.956. The van der Waals surface area contributed by atoms with E-state index in [0.29, 0.717) is 5.69 Å². The molecular weight excluding hydrogens is 240 g/mol. The largest absolute Gasteiger partial charge is 0.478 e. The first-order chi connectivity index (χ1) is 8.80. The average Bonchev–Trinajstić information content (AvgIpc) is 2.70. The molecule has 0 radical (unpaired) electrons. The number of hydrogen-bond donors (Lipinski definition) is 1. The molecule has 19 heavy (non-hydrogen) atoms. The van der Waals surface area contributed by atoms with E-state index in [4.69, 9.17) is 0 Å². The van der Waals surface area contributed by atoms with Gasteiger partial charge in [-0.3, -0.25) is 4.68 Å². The molecule has 1 aromatic carbocycles. The summed E-state index contributed by atoms with van der Waals surface area (Å²) >= 11 is 0. The zero-order valence-corrected chi connectivity index (χ0v) is 11.6. The van der Waals surface area contributed by atoms with Gasteiger partial charge in [-0.05, 0) is 11.0 Å². The number of benzene rings is 1. The van der Waals surface area contributed by atoms with Crippen LogP contribution in [0.5, 0.6) is 0 Å². The first-order valence-electron chi connectivity index (χ1n) is 6.17. The summed E-state index contributed by atoms with van der Waals surface area (Å²) in [5.41, 5.74) is 3.03. The minimum absolute atomic E-state index is 0.0839. The maximum absolute atomic E-state index is 11.2. The lowest BCUT2D eigenvalue weighted by Crippen LogP contribution is -2.10. The second-order valence-electron chi connectivity index (χ2n) is 5.66. The fraction of sp³-hybridized carbons (Fsp3) is 0.333. The molecule has 1 aromatic heterocycles. The van der Waals surface area contributed by atoms with Crippen LogP contribution in [-0.4, -0.2) is 20.9 Å². The molecule has 2 aromatic rings. The number of aromatic nitrogens is 2. The fourth-order valence-corrected chi connectivity index (χ4v) is 2.06. The zero-order valence-electron chi connectivity index (χ0n) is 11.6. The van der Waals surface area contributed by atoms with E-state index in [-0.39, 0.29) is 11.0 Å². The maximum Gasteiger partial charge on any atom is 0.339 e. The highest BCUT2D eigenvalue weighted by molar-refractivity contribution is 5.94. The van der Waals surface area contributed by atoms with Crippen LogP contribution in [0.15, 0.2) is 30.5 Å². The topological polar surface area (TPSA) is 55.1 Å². The Morgan fingerprint density at radius 2 is 1.79 bits per heavy atom. The molecule has 1 heterocycles. The molecule has 0 atom stereocenters. The van der Waals surface area contributed by atoms with Crippen LogP contribution in [0.2, 0.25) is 0 Å². The van der Waals surface area contributed by atoms with E-state index < -0.39 is 5.97 Å². The van der Waals surface area contributed by atoms with Gasteiger partial charge in [-0.25, -0.2) is 4.79 Å².